The number of benzene rings is 2. The highest BCUT2D eigenvalue weighted by molar-refractivity contribution is 7.86. The lowest BCUT2D eigenvalue weighted by Gasteiger charge is -2.13. The summed E-state index contributed by atoms with van der Waals surface area (Å²) < 4.78 is 45.4. The number of aromatic nitrogens is 4. The first-order valence-electron chi connectivity index (χ1n) is 9.70. The maximum atomic E-state index is 12.2. The van der Waals surface area contributed by atoms with Crippen LogP contribution in [-0.2, 0) is 20.7 Å². The van der Waals surface area contributed by atoms with Crippen molar-refractivity contribution in [2.24, 2.45) is 0 Å². The van der Waals surface area contributed by atoms with Gasteiger partial charge < -0.3 is 14.2 Å². The lowest BCUT2D eigenvalue weighted by atomic mass is 10.1. The molecule has 0 unspecified atom stereocenters. The molecule has 0 atom stereocenters. The van der Waals surface area contributed by atoms with E-state index in [9.17, 15) is 8.42 Å². The maximum absolute atomic E-state index is 12.2. The lowest BCUT2D eigenvalue weighted by Crippen LogP contribution is -2.09. The van der Waals surface area contributed by atoms with E-state index in [-0.39, 0.29) is 17.3 Å². The van der Waals surface area contributed by atoms with Gasteiger partial charge in [0.2, 0.25) is 11.6 Å². The molecule has 1 heterocycles. The molecule has 0 saturated heterocycles. The molecule has 0 fully saturated rings. The minimum atomic E-state index is -3.80. The van der Waals surface area contributed by atoms with E-state index in [4.69, 9.17) is 18.4 Å². The third kappa shape index (κ3) is 5.48. The molecule has 0 aliphatic rings. The molecular formula is C21H24N4O6S. The summed E-state index contributed by atoms with van der Waals surface area (Å²) in [5.74, 6) is 2.03. The Kier molecular flexibility index (Phi) is 7.54. The zero-order valence-corrected chi connectivity index (χ0v) is 19.0. The van der Waals surface area contributed by atoms with Crippen molar-refractivity contribution >= 4 is 10.1 Å². The van der Waals surface area contributed by atoms with Crippen molar-refractivity contribution in [3.8, 4) is 28.6 Å². The first kappa shape index (κ1) is 23.4. The van der Waals surface area contributed by atoms with Crippen LogP contribution >= 0.6 is 0 Å². The van der Waals surface area contributed by atoms with Gasteiger partial charge in [-0.3, -0.25) is 4.18 Å². The van der Waals surface area contributed by atoms with E-state index in [2.05, 4.69) is 20.4 Å². The van der Waals surface area contributed by atoms with Crippen molar-refractivity contribution in [1.29, 1.82) is 0 Å². The first-order chi connectivity index (χ1) is 15.4. The smallest absolute Gasteiger partial charge is 0.296 e. The van der Waals surface area contributed by atoms with Crippen LogP contribution in [0, 0.1) is 6.92 Å². The van der Waals surface area contributed by atoms with E-state index in [0.717, 1.165) is 5.56 Å². The van der Waals surface area contributed by atoms with Crippen LogP contribution in [0.1, 0.15) is 17.8 Å². The van der Waals surface area contributed by atoms with Crippen LogP contribution in [0.25, 0.3) is 11.4 Å². The Labute approximate surface area is 186 Å². The predicted molar refractivity (Wildman–Crippen MR) is 115 cm³/mol. The standard InChI is InChI=1S/C21H24N4O6S/c1-14-7-9-16(10-8-14)32(26,27)31-11-5-6-19-22-24-21(25-23-19)15-12-17(28-2)20(30-4)18(13-15)29-3/h7-10,12-13H,5-6,11H2,1-4H3. The fourth-order valence-corrected chi connectivity index (χ4v) is 3.79. The summed E-state index contributed by atoms with van der Waals surface area (Å²) in [6.07, 6.45) is 0.747. The van der Waals surface area contributed by atoms with Gasteiger partial charge in [0.25, 0.3) is 10.1 Å². The van der Waals surface area contributed by atoms with Gasteiger partial charge in [0, 0.05) is 12.0 Å². The quantitative estimate of drug-likeness (QED) is 0.329. The van der Waals surface area contributed by atoms with Crippen LogP contribution in [0.15, 0.2) is 41.3 Å². The molecule has 32 heavy (non-hydrogen) atoms. The Morgan fingerprint density at radius 2 is 1.44 bits per heavy atom. The predicted octanol–water partition coefficient (Wildman–Crippen LogP) is 2.61. The van der Waals surface area contributed by atoms with Gasteiger partial charge in [-0.1, -0.05) is 17.7 Å². The molecule has 0 radical (unpaired) electrons. The van der Waals surface area contributed by atoms with Crippen LogP contribution in [0.2, 0.25) is 0 Å². The fourth-order valence-electron chi connectivity index (χ4n) is 2.85. The Morgan fingerprint density at radius 1 is 0.844 bits per heavy atom. The highest BCUT2D eigenvalue weighted by Gasteiger charge is 2.17. The molecular weight excluding hydrogens is 436 g/mol. The molecule has 170 valence electrons. The summed E-state index contributed by atoms with van der Waals surface area (Å²) in [4.78, 5) is 0.123. The van der Waals surface area contributed by atoms with Crippen molar-refractivity contribution in [2.75, 3.05) is 27.9 Å². The Morgan fingerprint density at radius 3 is 1.97 bits per heavy atom. The van der Waals surface area contributed by atoms with Gasteiger partial charge in [-0.2, -0.15) is 8.42 Å². The van der Waals surface area contributed by atoms with Crippen LogP contribution in [-0.4, -0.2) is 56.7 Å². The molecule has 0 amide bonds. The molecule has 11 heteroatoms. The zero-order chi connectivity index (χ0) is 23.1. The highest BCUT2D eigenvalue weighted by atomic mass is 32.2. The van der Waals surface area contributed by atoms with Crippen molar-refractivity contribution in [3.63, 3.8) is 0 Å². The van der Waals surface area contributed by atoms with E-state index < -0.39 is 10.1 Å². The number of hydrogen-bond acceptors (Lipinski definition) is 10. The fraction of sp³-hybridized carbons (Fsp3) is 0.333. The molecule has 3 aromatic rings. The van der Waals surface area contributed by atoms with Gasteiger partial charge in [-0.05, 0) is 37.6 Å². The van der Waals surface area contributed by atoms with Gasteiger partial charge in [-0.25, -0.2) is 0 Å². The number of aryl methyl sites for hydroxylation is 2. The largest absolute Gasteiger partial charge is 0.493 e. The third-order valence-corrected chi connectivity index (χ3v) is 5.86. The van der Waals surface area contributed by atoms with Gasteiger partial charge >= 0.3 is 0 Å². The van der Waals surface area contributed by atoms with Crippen LogP contribution in [0.5, 0.6) is 17.2 Å². The molecule has 0 spiro atoms. The molecule has 2 aromatic carbocycles. The number of rotatable bonds is 10. The van der Waals surface area contributed by atoms with Crippen LogP contribution in [0.3, 0.4) is 0 Å². The lowest BCUT2D eigenvalue weighted by molar-refractivity contribution is 0.311. The van der Waals surface area contributed by atoms with E-state index in [0.29, 0.717) is 41.5 Å². The van der Waals surface area contributed by atoms with Crippen LogP contribution < -0.4 is 14.2 Å². The van der Waals surface area contributed by atoms with Crippen molar-refractivity contribution in [3.05, 3.63) is 47.8 Å². The van der Waals surface area contributed by atoms with Gasteiger partial charge in [-0.15, -0.1) is 20.4 Å². The summed E-state index contributed by atoms with van der Waals surface area (Å²) in [7, 11) is 0.752. The van der Waals surface area contributed by atoms with Crippen LogP contribution in [0.4, 0.5) is 0 Å². The van der Waals surface area contributed by atoms with E-state index in [1.165, 1.54) is 33.5 Å². The molecule has 3 rings (SSSR count). The SMILES string of the molecule is COc1cc(-c2nnc(CCCOS(=O)(=O)c3ccc(C)cc3)nn2)cc(OC)c1OC. The summed E-state index contributed by atoms with van der Waals surface area (Å²) in [6.45, 7) is 1.88. The average molecular weight is 461 g/mol. The topological polar surface area (TPSA) is 123 Å². The van der Waals surface area contributed by atoms with E-state index in [1.54, 1.807) is 24.3 Å². The Bertz CT molecular complexity index is 1130. The summed E-state index contributed by atoms with van der Waals surface area (Å²) in [5, 5.41) is 16.3. The van der Waals surface area contributed by atoms with Gasteiger partial charge in [0.15, 0.2) is 17.3 Å². The van der Waals surface area contributed by atoms with Crippen molar-refractivity contribution in [2.45, 2.75) is 24.7 Å². The Hall–Kier alpha value is -3.31. The molecule has 0 saturated carbocycles. The molecule has 0 N–H and O–H groups in total. The van der Waals surface area contributed by atoms with Crippen molar-refractivity contribution < 1.29 is 26.8 Å². The second-order valence-electron chi connectivity index (χ2n) is 6.75. The minimum absolute atomic E-state index is 0.00576. The summed E-state index contributed by atoms with van der Waals surface area (Å²) in [5.41, 5.74) is 1.56. The summed E-state index contributed by atoms with van der Waals surface area (Å²) in [6, 6.07) is 9.87. The molecule has 0 aliphatic carbocycles. The average Bonchev–Trinajstić information content (AvgIpc) is 2.81. The van der Waals surface area contributed by atoms with Crippen molar-refractivity contribution in [1.82, 2.24) is 20.4 Å². The molecule has 10 nitrogen and oxygen atoms in total. The Balaban J connectivity index is 1.61. The highest BCUT2D eigenvalue weighted by Crippen LogP contribution is 2.40. The van der Waals surface area contributed by atoms with Gasteiger partial charge in [0.05, 0.1) is 32.8 Å². The normalized spacial score (nSPS) is 11.2. The molecule has 1 aromatic heterocycles. The number of methoxy groups -OCH3 is 3. The third-order valence-electron chi connectivity index (χ3n) is 4.54. The summed E-state index contributed by atoms with van der Waals surface area (Å²) >= 11 is 0. The van der Waals surface area contributed by atoms with E-state index >= 15 is 0 Å². The maximum Gasteiger partial charge on any atom is 0.296 e. The zero-order valence-electron chi connectivity index (χ0n) is 18.2. The number of hydrogen-bond donors (Lipinski definition) is 0. The minimum Gasteiger partial charge on any atom is -0.493 e. The molecule has 0 bridgehead atoms. The second kappa shape index (κ2) is 10.3. The first-order valence-corrected chi connectivity index (χ1v) is 11.1. The van der Waals surface area contributed by atoms with Gasteiger partial charge in [0.1, 0.15) is 0 Å². The monoisotopic (exact) mass is 460 g/mol. The molecule has 0 aliphatic heterocycles. The number of ether oxygens (including phenoxy) is 3. The number of nitrogens with zero attached hydrogens (tertiary/aromatic N) is 4. The van der Waals surface area contributed by atoms with E-state index in [1.807, 2.05) is 6.92 Å². The second-order valence-corrected chi connectivity index (χ2v) is 8.36.